The van der Waals surface area contributed by atoms with Crippen molar-refractivity contribution in [2.75, 3.05) is 0 Å². The van der Waals surface area contributed by atoms with E-state index in [0.29, 0.717) is 5.92 Å². The van der Waals surface area contributed by atoms with Crippen molar-refractivity contribution >= 4 is 21.5 Å². The Morgan fingerprint density at radius 2 is 1.32 bits per heavy atom. The molecule has 0 amide bonds. The fraction of sp³-hybridized carbons (Fsp3) is 0.333. The first-order valence-corrected chi connectivity index (χ1v) is 8.50. The van der Waals surface area contributed by atoms with Crippen LogP contribution in [0.5, 0.6) is 0 Å². The number of rotatable bonds is 2. The lowest BCUT2D eigenvalue weighted by Gasteiger charge is -2.29. The Hall–Kier alpha value is -1.86. The zero-order valence-electron chi connectivity index (χ0n) is 13.0. The smallest absolute Gasteiger partial charge is 0.0335 e. The molecule has 1 nitrogen and oxygen atoms in total. The van der Waals surface area contributed by atoms with Gasteiger partial charge in [0.1, 0.15) is 0 Å². The van der Waals surface area contributed by atoms with Crippen LogP contribution in [-0.2, 0) is 0 Å². The first-order valence-electron chi connectivity index (χ1n) is 8.50. The summed E-state index contributed by atoms with van der Waals surface area (Å²) in [6.07, 6.45) is 6.60. The number of benzene rings is 3. The van der Waals surface area contributed by atoms with Crippen LogP contribution in [0.4, 0.5) is 0 Å². The quantitative estimate of drug-likeness (QED) is 0.613. The van der Waals surface area contributed by atoms with E-state index >= 15 is 0 Å². The van der Waals surface area contributed by atoms with Gasteiger partial charge in [0.25, 0.3) is 0 Å². The minimum atomic E-state index is 0.149. The van der Waals surface area contributed by atoms with E-state index in [2.05, 4.69) is 54.6 Å². The predicted octanol–water partition coefficient (Wildman–Crippen LogP) is 5.57. The van der Waals surface area contributed by atoms with Crippen LogP contribution in [0.2, 0.25) is 0 Å². The summed E-state index contributed by atoms with van der Waals surface area (Å²) in [4.78, 5) is 0. The van der Waals surface area contributed by atoms with Crippen LogP contribution >= 0.6 is 0 Å². The van der Waals surface area contributed by atoms with E-state index in [4.69, 9.17) is 5.73 Å². The van der Waals surface area contributed by atoms with Crippen LogP contribution in [-0.4, -0.2) is 0 Å². The SMILES string of the molecule is N[C@H](c1c2ccccc2cc2ccccc12)C1CCCCC1. The van der Waals surface area contributed by atoms with E-state index in [1.807, 2.05) is 0 Å². The first-order chi connectivity index (χ1) is 10.8. The fourth-order valence-electron chi connectivity index (χ4n) is 4.14. The van der Waals surface area contributed by atoms with Crippen LogP contribution in [0.3, 0.4) is 0 Å². The third kappa shape index (κ3) is 2.30. The minimum Gasteiger partial charge on any atom is -0.324 e. The highest BCUT2D eigenvalue weighted by molar-refractivity contribution is 6.02. The summed E-state index contributed by atoms with van der Waals surface area (Å²) in [5.74, 6) is 0.628. The third-order valence-electron chi connectivity index (χ3n) is 5.30. The number of fused-ring (bicyclic) bond motifs is 2. The molecule has 0 radical (unpaired) electrons. The van der Waals surface area contributed by atoms with Crippen molar-refractivity contribution in [3.8, 4) is 0 Å². The molecule has 1 atom stereocenters. The van der Waals surface area contributed by atoms with Gasteiger partial charge in [-0.1, -0.05) is 67.8 Å². The van der Waals surface area contributed by atoms with E-state index in [9.17, 15) is 0 Å². The van der Waals surface area contributed by atoms with Gasteiger partial charge in [0.15, 0.2) is 0 Å². The van der Waals surface area contributed by atoms with Gasteiger partial charge in [-0.2, -0.15) is 0 Å². The van der Waals surface area contributed by atoms with Crippen molar-refractivity contribution in [2.45, 2.75) is 38.1 Å². The Kier molecular flexibility index (Phi) is 3.59. The molecule has 3 aromatic carbocycles. The summed E-state index contributed by atoms with van der Waals surface area (Å²) in [7, 11) is 0. The molecular formula is C21H23N. The normalized spacial score (nSPS) is 17.9. The van der Waals surface area contributed by atoms with Gasteiger partial charge in [0.2, 0.25) is 0 Å². The van der Waals surface area contributed by atoms with Gasteiger partial charge in [-0.15, -0.1) is 0 Å². The van der Waals surface area contributed by atoms with Gasteiger partial charge in [0, 0.05) is 6.04 Å². The average Bonchev–Trinajstić information content (AvgIpc) is 2.60. The summed E-state index contributed by atoms with van der Waals surface area (Å²) in [6, 6.07) is 19.8. The van der Waals surface area contributed by atoms with Crippen LogP contribution in [0.1, 0.15) is 43.7 Å². The minimum absolute atomic E-state index is 0.149. The van der Waals surface area contributed by atoms with Crippen molar-refractivity contribution in [1.82, 2.24) is 0 Å². The number of hydrogen-bond donors (Lipinski definition) is 1. The Labute approximate surface area is 132 Å². The lowest BCUT2D eigenvalue weighted by atomic mass is 9.79. The van der Waals surface area contributed by atoms with Crippen molar-refractivity contribution in [1.29, 1.82) is 0 Å². The Morgan fingerprint density at radius 1 is 0.773 bits per heavy atom. The van der Waals surface area contributed by atoms with Gasteiger partial charge in [-0.3, -0.25) is 0 Å². The standard InChI is InChI=1S/C21H23N/c22-21(15-8-2-1-3-9-15)20-18-12-6-4-10-16(18)14-17-11-5-7-13-19(17)20/h4-7,10-15,21H,1-3,8-9,22H2/t21-/m0/s1. The zero-order valence-corrected chi connectivity index (χ0v) is 13.0. The lowest BCUT2D eigenvalue weighted by Crippen LogP contribution is -2.24. The highest BCUT2D eigenvalue weighted by atomic mass is 14.7. The summed E-state index contributed by atoms with van der Waals surface area (Å²) in [6.45, 7) is 0. The van der Waals surface area contributed by atoms with Crippen molar-refractivity contribution in [3.63, 3.8) is 0 Å². The molecule has 0 aliphatic heterocycles. The molecule has 1 saturated carbocycles. The molecule has 1 heteroatoms. The molecule has 0 spiro atoms. The summed E-state index contributed by atoms with van der Waals surface area (Å²) >= 11 is 0. The molecule has 2 N–H and O–H groups in total. The highest BCUT2D eigenvalue weighted by Crippen LogP contribution is 2.39. The van der Waals surface area contributed by atoms with Gasteiger partial charge in [0.05, 0.1) is 0 Å². The molecule has 0 heterocycles. The first kappa shape index (κ1) is 13.8. The second-order valence-electron chi connectivity index (χ2n) is 6.66. The van der Waals surface area contributed by atoms with E-state index in [0.717, 1.165) is 0 Å². The molecule has 0 saturated heterocycles. The topological polar surface area (TPSA) is 26.0 Å². The molecule has 3 aromatic rings. The maximum Gasteiger partial charge on any atom is 0.0335 e. The monoisotopic (exact) mass is 289 g/mol. The zero-order chi connectivity index (χ0) is 14.9. The summed E-state index contributed by atoms with van der Waals surface area (Å²) in [5, 5.41) is 5.28. The molecule has 1 aliphatic carbocycles. The van der Waals surface area contributed by atoms with Crippen LogP contribution in [0.15, 0.2) is 54.6 Å². The van der Waals surface area contributed by atoms with Gasteiger partial charge >= 0.3 is 0 Å². The largest absolute Gasteiger partial charge is 0.324 e. The van der Waals surface area contributed by atoms with Crippen molar-refractivity contribution in [3.05, 3.63) is 60.2 Å². The molecule has 0 bridgehead atoms. The maximum atomic E-state index is 6.80. The van der Waals surface area contributed by atoms with Crippen LogP contribution < -0.4 is 5.73 Å². The van der Waals surface area contributed by atoms with E-state index in [1.54, 1.807) is 0 Å². The number of nitrogens with two attached hydrogens (primary N) is 1. The fourth-order valence-corrected chi connectivity index (χ4v) is 4.14. The van der Waals surface area contributed by atoms with Crippen LogP contribution in [0.25, 0.3) is 21.5 Å². The average molecular weight is 289 g/mol. The second-order valence-corrected chi connectivity index (χ2v) is 6.66. The van der Waals surface area contributed by atoms with E-state index < -0.39 is 0 Å². The molecular weight excluding hydrogens is 266 g/mol. The van der Waals surface area contributed by atoms with Crippen molar-refractivity contribution < 1.29 is 0 Å². The van der Waals surface area contributed by atoms with E-state index in [1.165, 1.54) is 59.2 Å². The molecule has 22 heavy (non-hydrogen) atoms. The Bertz CT molecular complexity index is 745. The Morgan fingerprint density at radius 3 is 1.91 bits per heavy atom. The van der Waals surface area contributed by atoms with Gasteiger partial charge in [-0.25, -0.2) is 0 Å². The summed E-state index contributed by atoms with van der Waals surface area (Å²) < 4.78 is 0. The van der Waals surface area contributed by atoms with Gasteiger partial charge < -0.3 is 5.73 Å². The Balaban J connectivity index is 1.95. The molecule has 1 fully saturated rings. The highest BCUT2D eigenvalue weighted by Gasteiger charge is 2.24. The molecule has 0 unspecified atom stereocenters. The molecule has 112 valence electrons. The molecule has 4 rings (SSSR count). The number of hydrogen-bond acceptors (Lipinski definition) is 1. The lowest BCUT2D eigenvalue weighted by molar-refractivity contribution is 0.310. The van der Waals surface area contributed by atoms with Gasteiger partial charge in [-0.05, 0) is 51.9 Å². The second kappa shape index (κ2) is 5.73. The van der Waals surface area contributed by atoms with E-state index in [-0.39, 0.29) is 6.04 Å². The molecule has 0 aromatic heterocycles. The molecule has 1 aliphatic rings. The summed E-state index contributed by atoms with van der Waals surface area (Å²) in [5.41, 5.74) is 8.16. The maximum absolute atomic E-state index is 6.80. The van der Waals surface area contributed by atoms with Crippen molar-refractivity contribution in [2.24, 2.45) is 11.7 Å². The predicted molar refractivity (Wildman–Crippen MR) is 95.0 cm³/mol. The van der Waals surface area contributed by atoms with Crippen LogP contribution in [0, 0.1) is 5.92 Å². The third-order valence-corrected chi connectivity index (χ3v) is 5.30.